The van der Waals surface area contributed by atoms with E-state index in [1.807, 2.05) is 13.8 Å². The molecule has 5 N–H and O–H groups in total. The number of nitrogens with zero attached hydrogens (tertiary/aromatic N) is 1. The van der Waals surface area contributed by atoms with Gasteiger partial charge in [0.2, 0.25) is 11.8 Å². The molecule has 10 nitrogen and oxygen atoms in total. The number of carbonyl (C=O) groups excluding carboxylic acids is 3. The van der Waals surface area contributed by atoms with E-state index < -0.39 is 36.6 Å². The SMILES string of the molecule is CC(C)C[C@H](NC(=O)N1CC(=O)Nc2ccccc21)C(=O)N[C@@H](CO)C(=O)O. The van der Waals surface area contributed by atoms with E-state index in [0.29, 0.717) is 11.4 Å². The third-order valence-electron chi connectivity index (χ3n) is 4.13. The van der Waals surface area contributed by atoms with E-state index in [9.17, 15) is 19.2 Å². The van der Waals surface area contributed by atoms with Crippen LogP contribution in [0.15, 0.2) is 24.3 Å². The summed E-state index contributed by atoms with van der Waals surface area (Å²) in [5, 5.41) is 25.5. The van der Waals surface area contributed by atoms with Gasteiger partial charge in [-0.1, -0.05) is 26.0 Å². The number of carboxylic acids is 1. The first-order valence-corrected chi connectivity index (χ1v) is 8.83. The second-order valence-corrected chi connectivity index (χ2v) is 6.87. The summed E-state index contributed by atoms with van der Waals surface area (Å²) in [6.07, 6.45) is 0.247. The van der Waals surface area contributed by atoms with Gasteiger partial charge < -0.3 is 26.2 Å². The van der Waals surface area contributed by atoms with E-state index in [2.05, 4.69) is 16.0 Å². The van der Waals surface area contributed by atoms with Crippen LogP contribution < -0.4 is 20.9 Å². The first kappa shape index (κ1) is 21.2. The molecule has 0 fully saturated rings. The maximum absolute atomic E-state index is 12.8. The van der Waals surface area contributed by atoms with Gasteiger partial charge in [0.05, 0.1) is 18.0 Å². The number of hydrogen-bond donors (Lipinski definition) is 5. The Morgan fingerprint density at radius 1 is 1.18 bits per heavy atom. The number of hydrogen-bond acceptors (Lipinski definition) is 5. The number of fused-ring (bicyclic) bond motifs is 1. The van der Waals surface area contributed by atoms with Crippen LogP contribution in [0.4, 0.5) is 16.2 Å². The van der Waals surface area contributed by atoms with E-state index in [-0.39, 0.29) is 24.8 Å². The summed E-state index contributed by atoms with van der Waals surface area (Å²) in [4.78, 5) is 49.4. The van der Waals surface area contributed by atoms with Crippen LogP contribution in [0.5, 0.6) is 0 Å². The Labute approximate surface area is 161 Å². The fraction of sp³-hybridized carbons (Fsp3) is 0.444. The highest BCUT2D eigenvalue weighted by Gasteiger charge is 2.31. The second-order valence-electron chi connectivity index (χ2n) is 6.87. The molecule has 28 heavy (non-hydrogen) atoms. The lowest BCUT2D eigenvalue weighted by Gasteiger charge is -2.31. The lowest BCUT2D eigenvalue weighted by atomic mass is 10.0. The largest absolute Gasteiger partial charge is 0.480 e. The molecule has 1 aromatic rings. The molecule has 0 bridgehead atoms. The number of aliphatic hydroxyl groups excluding tert-OH is 1. The van der Waals surface area contributed by atoms with Crippen molar-refractivity contribution in [3.05, 3.63) is 24.3 Å². The molecule has 152 valence electrons. The molecule has 1 aliphatic rings. The van der Waals surface area contributed by atoms with Crippen LogP contribution in [0.25, 0.3) is 0 Å². The first-order valence-electron chi connectivity index (χ1n) is 8.83. The number of urea groups is 1. The zero-order valence-electron chi connectivity index (χ0n) is 15.6. The number of nitrogens with one attached hydrogen (secondary N) is 3. The van der Waals surface area contributed by atoms with E-state index >= 15 is 0 Å². The Hall–Kier alpha value is -3.14. The second kappa shape index (κ2) is 9.18. The molecular formula is C18H24N4O6. The van der Waals surface area contributed by atoms with Crippen molar-refractivity contribution in [2.45, 2.75) is 32.4 Å². The Morgan fingerprint density at radius 3 is 2.46 bits per heavy atom. The number of anilines is 2. The maximum atomic E-state index is 12.8. The first-order chi connectivity index (χ1) is 13.2. The van der Waals surface area contributed by atoms with Crippen LogP contribution >= 0.6 is 0 Å². The highest BCUT2D eigenvalue weighted by molar-refractivity contribution is 6.10. The average molecular weight is 392 g/mol. The average Bonchev–Trinajstić information content (AvgIpc) is 2.63. The molecule has 2 rings (SSSR count). The van der Waals surface area contributed by atoms with E-state index in [1.165, 1.54) is 4.90 Å². The fourth-order valence-electron chi connectivity index (χ4n) is 2.80. The molecule has 0 spiro atoms. The van der Waals surface area contributed by atoms with Crippen molar-refractivity contribution in [1.82, 2.24) is 10.6 Å². The fourth-order valence-corrected chi connectivity index (χ4v) is 2.80. The van der Waals surface area contributed by atoms with Gasteiger partial charge in [-0.15, -0.1) is 0 Å². The van der Waals surface area contributed by atoms with E-state index in [4.69, 9.17) is 10.2 Å². The zero-order chi connectivity index (χ0) is 20.8. The molecule has 1 heterocycles. The van der Waals surface area contributed by atoms with Gasteiger partial charge in [-0.2, -0.15) is 0 Å². The van der Waals surface area contributed by atoms with E-state index in [0.717, 1.165) is 0 Å². The third-order valence-corrected chi connectivity index (χ3v) is 4.13. The van der Waals surface area contributed by atoms with Crippen LogP contribution in [-0.2, 0) is 14.4 Å². The van der Waals surface area contributed by atoms with E-state index in [1.54, 1.807) is 24.3 Å². The standard InChI is InChI=1S/C18H24N4O6/c1-10(2)7-12(16(25)20-13(9-23)17(26)27)21-18(28)22-8-15(24)19-11-5-3-4-6-14(11)22/h3-6,10,12-13,23H,7-9H2,1-2H3,(H,19,24)(H,20,25)(H,21,28)(H,26,27)/t12-,13-/m0/s1. The number of aliphatic hydroxyl groups is 1. The molecule has 0 unspecified atom stereocenters. The van der Waals surface area contributed by atoms with Crippen molar-refractivity contribution in [2.75, 3.05) is 23.4 Å². The number of aliphatic carboxylic acids is 1. The van der Waals surface area contributed by atoms with Crippen LogP contribution in [0.3, 0.4) is 0 Å². The van der Waals surface area contributed by atoms with Gasteiger partial charge in [0.25, 0.3) is 0 Å². The molecule has 0 saturated heterocycles. The summed E-state index contributed by atoms with van der Waals surface area (Å²) in [6, 6.07) is 3.60. The highest BCUT2D eigenvalue weighted by atomic mass is 16.4. The number of benzene rings is 1. The minimum absolute atomic E-state index is 0.0189. The predicted octanol–water partition coefficient (Wildman–Crippen LogP) is 0.131. The van der Waals surface area contributed by atoms with Gasteiger partial charge >= 0.3 is 12.0 Å². The number of carbonyl (C=O) groups is 4. The molecule has 0 saturated carbocycles. The summed E-state index contributed by atoms with van der Waals surface area (Å²) in [6.45, 7) is 2.70. The number of para-hydroxylation sites is 2. The van der Waals surface area contributed by atoms with Crippen LogP contribution in [-0.4, -0.2) is 59.3 Å². The molecule has 0 radical (unpaired) electrons. The van der Waals surface area contributed by atoms with Gasteiger partial charge in [0.15, 0.2) is 0 Å². The monoisotopic (exact) mass is 392 g/mol. The van der Waals surface area contributed by atoms with Crippen LogP contribution in [0.2, 0.25) is 0 Å². The smallest absolute Gasteiger partial charge is 0.328 e. The third kappa shape index (κ3) is 5.19. The minimum atomic E-state index is -1.47. The quantitative estimate of drug-likeness (QED) is 0.445. The summed E-state index contributed by atoms with van der Waals surface area (Å²) in [5.41, 5.74) is 0.965. The molecule has 1 aromatic carbocycles. The Balaban J connectivity index is 2.18. The topological polar surface area (TPSA) is 148 Å². The Bertz CT molecular complexity index is 766. The summed E-state index contributed by atoms with van der Waals surface area (Å²) < 4.78 is 0. The van der Waals surface area contributed by atoms with Crippen molar-refractivity contribution in [3.63, 3.8) is 0 Å². The number of rotatable bonds is 7. The lowest BCUT2D eigenvalue weighted by molar-refractivity contribution is -0.143. The Morgan fingerprint density at radius 2 is 1.86 bits per heavy atom. The summed E-state index contributed by atoms with van der Waals surface area (Å²) in [7, 11) is 0. The van der Waals surface area contributed by atoms with Gasteiger partial charge in [0, 0.05) is 0 Å². The molecular weight excluding hydrogens is 368 g/mol. The van der Waals surface area contributed by atoms with Gasteiger partial charge in [-0.3, -0.25) is 14.5 Å². The van der Waals surface area contributed by atoms with Gasteiger partial charge in [-0.25, -0.2) is 9.59 Å². The molecule has 4 amide bonds. The molecule has 1 aliphatic heterocycles. The summed E-state index contributed by atoms with van der Waals surface area (Å²) >= 11 is 0. The highest BCUT2D eigenvalue weighted by Crippen LogP contribution is 2.28. The van der Waals surface area contributed by atoms with Crippen molar-refractivity contribution in [3.8, 4) is 0 Å². The van der Waals surface area contributed by atoms with Crippen molar-refractivity contribution < 1.29 is 29.4 Å². The van der Waals surface area contributed by atoms with Gasteiger partial charge in [0.1, 0.15) is 18.6 Å². The lowest BCUT2D eigenvalue weighted by Crippen LogP contribution is -2.56. The summed E-state index contributed by atoms with van der Waals surface area (Å²) in [5.74, 6) is -2.46. The molecule has 0 aromatic heterocycles. The number of amides is 4. The van der Waals surface area contributed by atoms with Gasteiger partial charge in [-0.05, 0) is 24.5 Å². The van der Waals surface area contributed by atoms with Crippen LogP contribution in [0, 0.1) is 5.92 Å². The molecule has 2 atom stereocenters. The van der Waals surface area contributed by atoms with Crippen LogP contribution in [0.1, 0.15) is 20.3 Å². The predicted molar refractivity (Wildman–Crippen MR) is 101 cm³/mol. The van der Waals surface area contributed by atoms with Crippen molar-refractivity contribution >= 4 is 35.2 Å². The van der Waals surface area contributed by atoms with Crippen molar-refractivity contribution in [2.24, 2.45) is 5.92 Å². The number of carboxylic acid groups (broad SMARTS) is 1. The zero-order valence-corrected chi connectivity index (χ0v) is 15.6. The van der Waals surface area contributed by atoms with Crippen molar-refractivity contribution in [1.29, 1.82) is 0 Å². The maximum Gasteiger partial charge on any atom is 0.328 e. The Kier molecular flexibility index (Phi) is 6.94. The minimum Gasteiger partial charge on any atom is -0.480 e. The normalized spacial score (nSPS) is 15.3. The molecule has 10 heteroatoms. The molecule has 0 aliphatic carbocycles.